The fourth-order valence-corrected chi connectivity index (χ4v) is 3.26. The summed E-state index contributed by atoms with van der Waals surface area (Å²) < 4.78 is 31.5. The maximum atomic E-state index is 12.2. The van der Waals surface area contributed by atoms with E-state index in [0.29, 0.717) is 11.3 Å². The molecule has 0 radical (unpaired) electrons. The molecule has 126 valence electrons. The van der Waals surface area contributed by atoms with E-state index in [1.165, 1.54) is 37.4 Å². The van der Waals surface area contributed by atoms with Gasteiger partial charge in [-0.25, -0.2) is 13.1 Å². The van der Waals surface area contributed by atoms with Gasteiger partial charge >= 0.3 is 0 Å². The van der Waals surface area contributed by atoms with Crippen molar-refractivity contribution in [1.29, 1.82) is 0 Å². The second kappa shape index (κ2) is 7.74. The molecule has 0 atom stereocenters. The molecule has 0 saturated carbocycles. The van der Waals surface area contributed by atoms with Gasteiger partial charge in [-0.2, -0.15) is 0 Å². The van der Waals surface area contributed by atoms with Gasteiger partial charge < -0.3 is 4.74 Å². The number of ketones is 1. The highest BCUT2D eigenvalue weighted by Gasteiger charge is 2.11. The van der Waals surface area contributed by atoms with E-state index in [4.69, 9.17) is 4.74 Å². The van der Waals surface area contributed by atoms with Crippen LogP contribution in [0.4, 0.5) is 0 Å². The second-order valence-corrected chi connectivity index (χ2v) is 7.56. The molecule has 0 unspecified atom stereocenters. The van der Waals surface area contributed by atoms with Crippen LogP contribution >= 0.6 is 15.9 Å². The Labute approximate surface area is 149 Å². The molecule has 2 aromatic carbocycles. The van der Waals surface area contributed by atoms with Crippen LogP contribution < -0.4 is 9.46 Å². The first-order chi connectivity index (χ1) is 11.4. The Morgan fingerprint density at radius 2 is 1.83 bits per heavy atom. The number of carbonyl (C=O) groups excluding carboxylic acids is 1. The third-order valence-electron chi connectivity index (χ3n) is 3.32. The van der Waals surface area contributed by atoms with E-state index in [-0.39, 0.29) is 10.7 Å². The van der Waals surface area contributed by atoms with E-state index < -0.39 is 10.0 Å². The number of hydrogen-bond donors (Lipinski definition) is 1. The third kappa shape index (κ3) is 4.31. The van der Waals surface area contributed by atoms with E-state index in [2.05, 4.69) is 20.7 Å². The summed E-state index contributed by atoms with van der Waals surface area (Å²) in [5.74, 6) is 0.496. The minimum absolute atomic E-state index is 0.115. The molecular weight excluding hydrogens is 394 g/mol. The predicted octanol–water partition coefficient (Wildman–Crippen LogP) is 3.26. The van der Waals surface area contributed by atoms with Gasteiger partial charge in [0.2, 0.25) is 10.0 Å². The normalized spacial score (nSPS) is 11.6. The van der Waals surface area contributed by atoms with Crippen molar-refractivity contribution >= 4 is 37.8 Å². The number of sulfonamides is 1. The van der Waals surface area contributed by atoms with Crippen LogP contribution in [0.5, 0.6) is 5.75 Å². The van der Waals surface area contributed by atoms with E-state index in [1.54, 1.807) is 19.3 Å². The van der Waals surface area contributed by atoms with Crippen molar-refractivity contribution in [2.45, 2.75) is 4.90 Å². The average Bonchev–Trinajstić information content (AvgIpc) is 2.60. The highest BCUT2D eigenvalue weighted by molar-refractivity contribution is 9.10. The summed E-state index contributed by atoms with van der Waals surface area (Å²) in [6, 6.07) is 11.2. The first kappa shape index (κ1) is 18.4. The summed E-state index contributed by atoms with van der Waals surface area (Å²) in [7, 11) is -0.586. The molecule has 1 N–H and O–H groups in total. The van der Waals surface area contributed by atoms with Gasteiger partial charge in [-0.05, 0) is 71.0 Å². The Balaban J connectivity index is 2.16. The van der Waals surface area contributed by atoms with Crippen LogP contribution in [0.15, 0.2) is 57.9 Å². The Kier molecular flexibility index (Phi) is 5.93. The zero-order chi connectivity index (χ0) is 17.7. The molecule has 0 aromatic heterocycles. The lowest BCUT2D eigenvalue weighted by Crippen LogP contribution is -2.18. The SMILES string of the molecule is CNS(=O)(=O)c1ccc(C(=O)/C=C/c2ccc(OC)c(Br)c2)cc1. The first-order valence-electron chi connectivity index (χ1n) is 6.97. The smallest absolute Gasteiger partial charge is 0.240 e. The number of methoxy groups -OCH3 is 1. The summed E-state index contributed by atoms with van der Waals surface area (Å²) in [5.41, 5.74) is 1.25. The molecule has 0 amide bonds. The highest BCUT2D eigenvalue weighted by Crippen LogP contribution is 2.26. The average molecular weight is 410 g/mol. The van der Waals surface area contributed by atoms with E-state index in [1.807, 2.05) is 12.1 Å². The van der Waals surface area contributed by atoms with Crippen LogP contribution in [0.3, 0.4) is 0 Å². The molecule has 0 aliphatic carbocycles. The number of nitrogens with one attached hydrogen (secondary N) is 1. The van der Waals surface area contributed by atoms with Crippen LogP contribution in [-0.2, 0) is 10.0 Å². The lowest BCUT2D eigenvalue weighted by atomic mass is 10.1. The van der Waals surface area contributed by atoms with Gasteiger partial charge in [0.1, 0.15) is 5.75 Å². The van der Waals surface area contributed by atoms with Crippen molar-refractivity contribution in [2.24, 2.45) is 0 Å². The van der Waals surface area contributed by atoms with Gasteiger partial charge in [0.15, 0.2) is 5.78 Å². The molecule has 0 bridgehead atoms. The predicted molar refractivity (Wildman–Crippen MR) is 96.7 cm³/mol. The van der Waals surface area contributed by atoms with Gasteiger partial charge in [0.25, 0.3) is 0 Å². The number of benzene rings is 2. The van der Waals surface area contributed by atoms with Gasteiger partial charge in [-0.3, -0.25) is 4.79 Å². The topological polar surface area (TPSA) is 72.5 Å². The minimum atomic E-state index is -3.50. The van der Waals surface area contributed by atoms with Crippen molar-refractivity contribution in [2.75, 3.05) is 14.2 Å². The molecule has 0 aliphatic heterocycles. The fraction of sp³-hybridized carbons (Fsp3) is 0.118. The molecule has 5 nitrogen and oxygen atoms in total. The van der Waals surface area contributed by atoms with Crippen LogP contribution in [0, 0.1) is 0 Å². The molecule has 0 aliphatic rings. The first-order valence-corrected chi connectivity index (χ1v) is 9.24. The van der Waals surface area contributed by atoms with E-state index >= 15 is 0 Å². The zero-order valence-electron chi connectivity index (χ0n) is 13.1. The van der Waals surface area contributed by atoms with Crippen LogP contribution in [0.25, 0.3) is 6.08 Å². The summed E-state index contributed by atoms with van der Waals surface area (Å²) in [4.78, 5) is 12.3. The summed E-state index contributed by atoms with van der Waals surface area (Å²) in [5, 5.41) is 0. The van der Waals surface area contributed by atoms with Crippen molar-refractivity contribution in [3.05, 3.63) is 64.1 Å². The van der Waals surface area contributed by atoms with Crippen LogP contribution in [0.2, 0.25) is 0 Å². The second-order valence-electron chi connectivity index (χ2n) is 4.82. The van der Waals surface area contributed by atoms with Crippen LogP contribution in [-0.4, -0.2) is 28.4 Å². The Bertz CT molecular complexity index is 874. The van der Waals surface area contributed by atoms with Gasteiger partial charge in [-0.1, -0.05) is 12.1 Å². The largest absolute Gasteiger partial charge is 0.496 e. The summed E-state index contributed by atoms with van der Waals surface area (Å²) in [6.07, 6.45) is 3.13. The molecule has 2 rings (SSSR count). The maximum Gasteiger partial charge on any atom is 0.240 e. The van der Waals surface area contributed by atoms with Crippen LogP contribution in [0.1, 0.15) is 15.9 Å². The fourth-order valence-electron chi connectivity index (χ4n) is 1.97. The van der Waals surface area contributed by atoms with Crippen molar-refractivity contribution in [3.63, 3.8) is 0 Å². The zero-order valence-corrected chi connectivity index (χ0v) is 15.5. The van der Waals surface area contributed by atoms with Crippen molar-refractivity contribution in [3.8, 4) is 5.75 Å². The Morgan fingerprint density at radius 1 is 1.17 bits per heavy atom. The van der Waals surface area contributed by atoms with Gasteiger partial charge in [-0.15, -0.1) is 0 Å². The lowest BCUT2D eigenvalue weighted by Gasteiger charge is -2.04. The number of ether oxygens (including phenoxy) is 1. The standard InChI is InChI=1S/C17H16BrNO4S/c1-19-24(21,22)14-7-5-13(6-8-14)16(20)9-3-12-4-10-17(23-2)15(18)11-12/h3-11,19H,1-2H3/b9-3+. The van der Waals surface area contributed by atoms with Gasteiger partial charge in [0, 0.05) is 5.56 Å². The molecule has 0 heterocycles. The molecular formula is C17H16BrNO4S. The monoisotopic (exact) mass is 409 g/mol. The van der Waals surface area contributed by atoms with E-state index in [0.717, 1.165) is 10.0 Å². The lowest BCUT2D eigenvalue weighted by molar-refractivity contribution is 0.104. The molecule has 7 heteroatoms. The highest BCUT2D eigenvalue weighted by atomic mass is 79.9. The summed E-state index contributed by atoms with van der Waals surface area (Å²) >= 11 is 3.39. The van der Waals surface area contributed by atoms with E-state index in [9.17, 15) is 13.2 Å². The number of hydrogen-bond acceptors (Lipinski definition) is 4. The molecule has 24 heavy (non-hydrogen) atoms. The van der Waals surface area contributed by atoms with Gasteiger partial charge in [0.05, 0.1) is 16.5 Å². The maximum absolute atomic E-state index is 12.2. The number of halogens is 1. The Hall–Kier alpha value is -1.96. The number of allylic oxidation sites excluding steroid dienone is 1. The number of carbonyl (C=O) groups is 1. The Morgan fingerprint density at radius 3 is 2.38 bits per heavy atom. The third-order valence-corrected chi connectivity index (χ3v) is 5.37. The van der Waals surface area contributed by atoms with Crippen molar-refractivity contribution in [1.82, 2.24) is 4.72 Å². The minimum Gasteiger partial charge on any atom is -0.496 e. The quantitative estimate of drug-likeness (QED) is 0.586. The van der Waals surface area contributed by atoms with Crippen molar-refractivity contribution < 1.29 is 17.9 Å². The molecule has 0 fully saturated rings. The molecule has 2 aromatic rings. The molecule has 0 saturated heterocycles. The summed E-state index contributed by atoms with van der Waals surface area (Å²) in [6.45, 7) is 0. The molecule has 0 spiro atoms. The number of rotatable bonds is 6.